The fourth-order valence-electron chi connectivity index (χ4n) is 2.00. The maximum atomic E-state index is 9.13. The zero-order chi connectivity index (χ0) is 10.1. The molecule has 1 heterocycles. The van der Waals surface area contributed by atoms with Crippen LogP contribution in [0.15, 0.2) is 0 Å². The van der Waals surface area contributed by atoms with Gasteiger partial charge in [-0.15, -0.1) is 0 Å². The first-order valence-corrected chi connectivity index (χ1v) is 5.07. The van der Waals surface area contributed by atoms with Crippen molar-refractivity contribution in [3.8, 4) is 0 Å². The molecule has 0 spiro atoms. The lowest BCUT2D eigenvalue weighted by molar-refractivity contribution is 0.0666. The summed E-state index contributed by atoms with van der Waals surface area (Å²) in [6.07, 6.45) is 0. The van der Waals surface area contributed by atoms with Gasteiger partial charge in [-0.1, -0.05) is 0 Å². The molecule has 0 aliphatic carbocycles. The quantitative estimate of drug-likeness (QED) is 0.657. The van der Waals surface area contributed by atoms with Crippen LogP contribution >= 0.6 is 0 Å². The summed E-state index contributed by atoms with van der Waals surface area (Å²) < 4.78 is 0. The van der Waals surface area contributed by atoms with Gasteiger partial charge in [-0.25, -0.2) is 0 Å². The van der Waals surface area contributed by atoms with Gasteiger partial charge in [0.25, 0.3) is 0 Å². The minimum Gasteiger partial charge on any atom is -0.395 e. The second-order valence-corrected chi connectivity index (χ2v) is 4.93. The van der Waals surface area contributed by atoms with Crippen LogP contribution in [0.1, 0.15) is 27.7 Å². The van der Waals surface area contributed by atoms with E-state index in [0.29, 0.717) is 6.04 Å². The molecule has 1 fully saturated rings. The smallest absolute Gasteiger partial charge is 0.0597 e. The van der Waals surface area contributed by atoms with Crippen LogP contribution < -0.4 is 5.32 Å². The van der Waals surface area contributed by atoms with Crippen molar-refractivity contribution in [1.29, 1.82) is 0 Å². The van der Waals surface area contributed by atoms with E-state index in [4.69, 9.17) is 5.11 Å². The number of nitrogens with one attached hydrogen (secondary N) is 1. The third kappa shape index (κ3) is 2.93. The predicted octanol–water partition coefficient (Wildman–Crippen LogP) is 0.439. The molecule has 1 atom stereocenters. The maximum Gasteiger partial charge on any atom is 0.0597 e. The van der Waals surface area contributed by atoms with Crippen LogP contribution in [0.2, 0.25) is 0 Å². The lowest BCUT2D eigenvalue weighted by Crippen LogP contribution is -2.64. The Morgan fingerprint density at radius 2 is 2.15 bits per heavy atom. The molecule has 0 amide bonds. The summed E-state index contributed by atoms with van der Waals surface area (Å²) in [6.45, 7) is 11.0. The van der Waals surface area contributed by atoms with Gasteiger partial charge < -0.3 is 10.4 Å². The van der Waals surface area contributed by atoms with E-state index in [1.807, 2.05) is 0 Å². The van der Waals surface area contributed by atoms with E-state index in [1.54, 1.807) is 0 Å². The molecule has 0 bridgehead atoms. The van der Waals surface area contributed by atoms with Crippen molar-refractivity contribution in [1.82, 2.24) is 10.2 Å². The number of rotatable bonds is 2. The summed E-state index contributed by atoms with van der Waals surface area (Å²) in [5, 5.41) is 12.6. The van der Waals surface area contributed by atoms with Crippen molar-refractivity contribution in [3.05, 3.63) is 0 Å². The minimum absolute atomic E-state index is 0.121. The third-order valence-corrected chi connectivity index (χ3v) is 2.60. The molecule has 0 radical (unpaired) electrons. The van der Waals surface area contributed by atoms with Crippen molar-refractivity contribution in [3.63, 3.8) is 0 Å². The normalized spacial score (nSPS) is 29.5. The van der Waals surface area contributed by atoms with Gasteiger partial charge in [0, 0.05) is 30.7 Å². The Morgan fingerprint density at radius 3 is 2.62 bits per heavy atom. The molecule has 0 aromatic carbocycles. The van der Waals surface area contributed by atoms with Crippen molar-refractivity contribution in [2.45, 2.75) is 45.3 Å². The number of nitrogens with zero attached hydrogens (tertiary/aromatic N) is 1. The third-order valence-electron chi connectivity index (χ3n) is 2.60. The van der Waals surface area contributed by atoms with Crippen LogP contribution in [0, 0.1) is 0 Å². The van der Waals surface area contributed by atoms with Crippen LogP contribution in [0.3, 0.4) is 0 Å². The highest BCUT2D eigenvalue weighted by molar-refractivity contribution is 4.93. The SMILES string of the molecule is CC(C)N1CC(CO)NC(C)(C)C1. The van der Waals surface area contributed by atoms with Gasteiger partial charge in [0.15, 0.2) is 0 Å². The van der Waals surface area contributed by atoms with Crippen molar-refractivity contribution in [2.75, 3.05) is 19.7 Å². The minimum atomic E-state index is 0.121. The van der Waals surface area contributed by atoms with E-state index in [9.17, 15) is 0 Å². The van der Waals surface area contributed by atoms with Gasteiger partial charge in [0.2, 0.25) is 0 Å². The Hall–Kier alpha value is -0.120. The molecule has 78 valence electrons. The number of aliphatic hydroxyl groups is 1. The first-order chi connectivity index (χ1) is 5.94. The van der Waals surface area contributed by atoms with Gasteiger partial charge in [0.1, 0.15) is 0 Å². The molecule has 1 aliphatic rings. The summed E-state index contributed by atoms with van der Waals surface area (Å²) in [7, 11) is 0. The van der Waals surface area contributed by atoms with E-state index in [0.717, 1.165) is 13.1 Å². The number of piperazine rings is 1. The Morgan fingerprint density at radius 1 is 1.54 bits per heavy atom. The lowest BCUT2D eigenvalue weighted by atomic mass is 9.98. The molecule has 3 nitrogen and oxygen atoms in total. The van der Waals surface area contributed by atoms with Crippen LogP contribution in [-0.2, 0) is 0 Å². The highest BCUT2D eigenvalue weighted by Crippen LogP contribution is 2.15. The monoisotopic (exact) mass is 186 g/mol. The molecule has 0 aromatic heterocycles. The molecule has 2 N–H and O–H groups in total. The Labute approximate surface area is 81.1 Å². The highest BCUT2D eigenvalue weighted by atomic mass is 16.3. The molecule has 0 aromatic rings. The van der Waals surface area contributed by atoms with Crippen molar-refractivity contribution in [2.24, 2.45) is 0 Å². The standard InChI is InChI=1S/C10H22N2O/c1-8(2)12-5-9(6-13)11-10(3,4)7-12/h8-9,11,13H,5-7H2,1-4H3. The van der Waals surface area contributed by atoms with Crippen LogP contribution in [-0.4, -0.2) is 47.3 Å². The van der Waals surface area contributed by atoms with Gasteiger partial charge in [-0.3, -0.25) is 4.90 Å². The van der Waals surface area contributed by atoms with Crippen molar-refractivity contribution >= 4 is 0 Å². The Bertz CT molecular complexity index is 168. The van der Waals surface area contributed by atoms with E-state index in [1.165, 1.54) is 0 Å². The average molecular weight is 186 g/mol. The van der Waals surface area contributed by atoms with E-state index in [-0.39, 0.29) is 18.2 Å². The van der Waals surface area contributed by atoms with E-state index >= 15 is 0 Å². The zero-order valence-electron chi connectivity index (χ0n) is 9.17. The summed E-state index contributed by atoms with van der Waals surface area (Å²) in [5.74, 6) is 0. The number of aliphatic hydroxyl groups excluding tert-OH is 1. The van der Waals surface area contributed by atoms with E-state index in [2.05, 4.69) is 37.9 Å². The lowest BCUT2D eigenvalue weighted by Gasteiger charge is -2.45. The van der Waals surface area contributed by atoms with Crippen LogP contribution in [0.25, 0.3) is 0 Å². The fraction of sp³-hybridized carbons (Fsp3) is 1.00. The first kappa shape index (κ1) is 11.0. The van der Waals surface area contributed by atoms with Crippen molar-refractivity contribution < 1.29 is 5.11 Å². The molecule has 1 aliphatic heterocycles. The average Bonchev–Trinajstić information content (AvgIpc) is 2.01. The van der Waals surface area contributed by atoms with Gasteiger partial charge >= 0.3 is 0 Å². The highest BCUT2D eigenvalue weighted by Gasteiger charge is 2.32. The predicted molar refractivity (Wildman–Crippen MR) is 54.8 cm³/mol. The molecule has 3 heteroatoms. The molecule has 1 rings (SSSR count). The molecule has 1 saturated heterocycles. The van der Waals surface area contributed by atoms with Gasteiger partial charge in [0.05, 0.1) is 6.61 Å². The second-order valence-electron chi connectivity index (χ2n) is 4.93. The molecular weight excluding hydrogens is 164 g/mol. The number of hydrogen-bond donors (Lipinski definition) is 2. The molecule has 1 unspecified atom stereocenters. The first-order valence-electron chi connectivity index (χ1n) is 5.07. The number of hydrogen-bond acceptors (Lipinski definition) is 3. The molecular formula is C10H22N2O. The Balaban J connectivity index is 2.60. The summed E-state index contributed by atoms with van der Waals surface area (Å²) in [6, 6.07) is 0.793. The van der Waals surface area contributed by atoms with E-state index < -0.39 is 0 Å². The molecule has 13 heavy (non-hydrogen) atoms. The molecule has 0 saturated carbocycles. The van der Waals surface area contributed by atoms with Crippen LogP contribution in [0.4, 0.5) is 0 Å². The second kappa shape index (κ2) is 3.95. The summed E-state index contributed by atoms with van der Waals surface area (Å²) in [5.41, 5.74) is 0.121. The largest absolute Gasteiger partial charge is 0.395 e. The fourth-order valence-corrected chi connectivity index (χ4v) is 2.00. The van der Waals surface area contributed by atoms with Gasteiger partial charge in [-0.05, 0) is 27.7 Å². The maximum absolute atomic E-state index is 9.13. The topological polar surface area (TPSA) is 35.5 Å². The summed E-state index contributed by atoms with van der Waals surface area (Å²) in [4.78, 5) is 2.41. The van der Waals surface area contributed by atoms with Gasteiger partial charge in [-0.2, -0.15) is 0 Å². The summed E-state index contributed by atoms with van der Waals surface area (Å²) >= 11 is 0. The zero-order valence-corrected chi connectivity index (χ0v) is 9.17. The van der Waals surface area contributed by atoms with Crippen LogP contribution in [0.5, 0.6) is 0 Å². The Kier molecular flexibility index (Phi) is 3.33.